The number of methoxy groups -OCH3 is 1. The van der Waals surface area contributed by atoms with Gasteiger partial charge in [-0.15, -0.1) is 0 Å². The van der Waals surface area contributed by atoms with Crippen molar-refractivity contribution < 1.29 is 18.7 Å². The van der Waals surface area contributed by atoms with Crippen LogP contribution in [0.25, 0.3) is 10.9 Å². The minimum Gasteiger partial charge on any atom is -0.493 e. The van der Waals surface area contributed by atoms with Gasteiger partial charge in [0.15, 0.2) is 11.5 Å². The van der Waals surface area contributed by atoms with E-state index >= 15 is 0 Å². The molecular weight excluding hydrogens is 503 g/mol. The van der Waals surface area contributed by atoms with Gasteiger partial charge in [-0.1, -0.05) is 6.07 Å². The molecule has 204 valence electrons. The van der Waals surface area contributed by atoms with E-state index in [0.717, 1.165) is 44.5 Å². The number of nitrogens with one attached hydrogen (secondary N) is 3. The zero-order chi connectivity index (χ0) is 27.0. The maximum Gasteiger partial charge on any atom is 0.246 e. The first-order chi connectivity index (χ1) is 19.1. The van der Waals surface area contributed by atoms with Crippen LogP contribution < -0.4 is 25.4 Å². The van der Waals surface area contributed by atoms with Gasteiger partial charge >= 0.3 is 0 Å². The van der Waals surface area contributed by atoms with Crippen molar-refractivity contribution in [2.45, 2.75) is 13.0 Å². The minimum absolute atomic E-state index is 0.0358. The van der Waals surface area contributed by atoms with Crippen molar-refractivity contribution >= 4 is 34.0 Å². The van der Waals surface area contributed by atoms with Gasteiger partial charge in [0.05, 0.1) is 31.1 Å². The molecule has 0 saturated carbocycles. The average molecular weight is 535 g/mol. The van der Waals surface area contributed by atoms with Crippen molar-refractivity contribution in [1.82, 2.24) is 30.0 Å². The van der Waals surface area contributed by atoms with Crippen molar-refractivity contribution in [2.24, 2.45) is 0 Å². The molecule has 1 fully saturated rings. The Morgan fingerprint density at radius 2 is 2.00 bits per heavy atom. The van der Waals surface area contributed by atoms with Crippen LogP contribution in [0.15, 0.2) is 55.1 Å². The first kappa shape index (κ1) is 26.3. The largest absolute Gasteiger partial charge is 0.493 e. The molecule has 39 heavy (non-hydrogen) atoms. The van der Waals surface area contributed by atoms with E-state index in [1.807, 2.05) is 12.1 Å². The fraction of sp³-hybridized carbons (Fsp3) is 0.333. The van der Waals surface area contributed by atoms with Crippen LogP contribution in [0.2, 0.25) is 0 Å². The molecule has 3 N–H and O–H groups in total. The fourth-order valence-corrected chi connectivity index (χ4v) is 4.41. The number of carbonyl (C=O) groups excluding carboxylic acids is 1. The van der Waals surface area contributed by atoms with Crippen molar-refractivity contribution in [1.29, 1.82) is 0 Å². The number of hydrogen-bond donors (Lipinski definition) is 3. The van der Waals surface area contributed by atoms with E-state index in [2.05, 4.69) is 35.9 Å². The van der Waals surface area contributed by atoms with E-state index in [9.17, 15) is 9.18 Å². The summed E-state index contributed by atoms with van der Waals surface area (Å²) < 4.78 is 26.5. The lowest BCUT2D eigenvalue weighted by Gasteiger charge is -2.27. The number of rotatable bonds is 11. The summed E-state index contributed by atoms with van der Waals surface area (Å²) >= 11 is 0. The Bertz CT molecular complexity index is 1420. The zero-order valence-electron chi connectivity index (χ0n) is 21.7. The lowest BCUT2D eigenvalue weighted by atomic mass is 10.2. The SMILES string of the molecule is COc1cc2c(Nc3cnn(CC(=O)Nc4cccc(F)c4)c3)ncnc2cc1OCCCN1CCNCC1. The Morgan fingerprint density at radius 3 is 2.82 bits per heavy atom. The maximum atomic E-state index is 13.4. The van der Waals surface area contributed by atoms with E-state index in [0.29, 0.717) is 40.8 Å². The highest BCUT2D eigenvalue weighted by atomic mass is 19.1. The van der Waals surface area contributed by atoms with E-state index in [4.69, 9.17) is 9.47 Å². The summed E-state index contributed by atoms with van der Waals surface area (Å²) in [4.78, 5) is 23.6. The summed E-state index contributed by atoms with van der Waals surface area (Å²) in [5.41, 5.74) is 1.72. The maximum absolute atomic E-state index is 13.4. The molecule has 0 radical (unpaired) electrons. The van der Waals surface area contributed by atoms with E-state index in [1.54, 1.807) is 25.6 Å². The number of carbonyl (C=O) groups is 1. The quantitative estimate of drug-likeness (QED) is 0.250. The topological polar surface area (TPSA) is 118 Å². The van der Waals surface area contributed by atoms with Crippen LogP contribution in [0.5, 0.6) is 11.5 Å². The summed E-state index contributed by atoms with van der Waals surface area (Å²) in [5.74, 6) is 1.04. The highest BCUT2D eigenvalue weighted by Crippen LogP contribution is 2.34. The van der Waals surface area contributed by atoms with Gasteiger partial charge in [-0.25, -0.2) is 14.4 Å². The molecule has 2 aromatic carbocycles. The normalized spacial score (nSPS) is 13.8. The Balaban J connectivity index is 1.22. The molecule has 1 saturated heterocycles. The number of piperazine rings is 1. The number of amides is 1. The molecule has 11 nitrogen and oxygen atoms in total. The number of ether oxygens (including phenoxy) is 2. The van der Waals surface area contributed by atoms with Crippen molar-refractivity contribution in [3.8, 4) is 11.5 Å². The Morgan fingerprint density at radius 1 is 1.13 bits per heavy atom. The van der Waals surface area contributed by atoms with Gasteiger partial charge in [0, 0.05) is 56.1 Å². The number of halogens is 1. The van der Waals surface area contributed by atoms with E-state index in [-0.39, 0.29) is 12.5 Å². The molecule has 2 aromatic heterocycles. The zero-order valence-corrected chi connectivity index (χ0v) is 21.7. The highest BCUT2D eigenvalue weighted by molar-refractivity contribution is 5.93. The second-order valence-corrected chi connectivity index (χ2v) is 9.15. The van der Waals surface area contributed by atoms with Gasteiger partial charge in [-0.3, -0.25) is 9.48 Å². The number of aromatic nitrogens is 4. The molecule has 1 amide bonds. The molecule has 0 atom stereocenters. The third-order valence-electron chi connectivity index (χ3n) is 6.32. The number of benzene rings is 2. The standard InChI is InChI=1S/C27H31FN8O3/c1-38-24-13-22-23(14-25(24)39-11-3-8-35-9-6-29-7-10-35)30-18-31-27(22)34-21-15-32-36(16-21)17-26(37)33-20-5-2-4-19(28)12-20/h2,4-5,12-16,18,29H,3,6-11,17H2,1H3,(H,33,37)(H,30,31,34). The van der Waals surface area contributed by atoms with Gasteiger partial charge in [0.2, 0.25) is 5.91 Å². The molecule has 12 heteroatoms. The molecule has 0 spiro atoms. The molecule has 0 bridgehead atoms. The third kappa shape index (κ3) is 6.98. The second kappa shape index (κ2) is 12.5. The van der Waals surface area contributed by atoms with Crippen LogP contribution in [0, 0.1) is 5.82 Å². The number of hydrogen-bond acceptors (Lipinski definition) is 9. The Hall–Kier alpha value is -4.29. The van der Waals surface area contributed by atoms with Gasteiger partial charge in [0.1, 0.15) is 24.5 Å². The fourth-order valence-electron chi connectivity index (χ4n) is 4.41. The lowest BCUT2D eigenvalue weighted by Crippen LogP contribution is -2.43. The monoisotopic (exact) mass is 534 g/mol. The summed E-state index contributed by atoms with van der Waals surface area (Å²) in [7, 11) is 1.60. The van der Waals surface area contributed by atoms with Crippen LogP contribution in [-0.4, -0.2) is 77.0 Å². The number of fused-ring (bicyclic) bond motifs is 1. The lowest BCUT2D eigenvalue weighted by molar-refractivity contribution is -0.116. The Labute approximate surface area is 225 Å². The molecule has 1 aliphatic rings. The van der Waals surface area contributed by atoms with Crippen LogP contribution in [0.1, 0.15) is 6.42 Å². The number of anilines is 3. The van der Waals surface area contributed by atoms with Crippen LogP contribution >= 0.6 is 0 Å². The molecule has 0 unspecified atom stereocenters. The minimum atomic E-state index is -0.420. The first-order valence-electron chi connectivity index (χ1n) is 12.8. The van der Waals surface area contributed by atoms with Crippen molar-refractivity contribution in [3.63, 3.8) is 0 Å². The molecule has 4 aromatic rings. The molecule has 3 heterocycles. The van der Waals surface area contributed by atoms with E-state index in [1.165, 1.54) is 29.2 Å². The Kier molecular flexibility index (Phi) is 8.44. The van der Waals surface area contributed by atoms with Crippen molar-refractivity contribution in [3.05, 3.63) is 60.9 Å². The van der Waals surface area contributed by atoms with Gasteiger partial charge in [0.25, 0.3) is 0 Å². The van der Waals surface area contributed by atoms with Gasteiger partial charge < -0.3 is 30.3 Å². The van der Waals surface area contributed by atoms with Gasteiger partial charge in [-0.2, -0.15) is 5.10 Å². The molecular formula is C27H31FN8O3. The van der Waals surface area contributed by atoms with Crippen LogP contribution in [0.4, 0.5) is 21.6 Å². The predicted molar refractivity (Wildman–Crippen MR) is 146 cm³/mol. The first-order valence-corrected chi connectivity index (χ1v) is 12.8. The van der Waals surface area contributed by atoms with Crippen molar-refractivity contribution in [2.75, 3.05) is 57.1 Å². The second-order valence-electron chi connectivity index (χ2n) is 9.15. The molecule has 0 aliphatic carbocycles. The summed E-state index contributed by atoms with van der Waals surface area (Å²) in [6.45, 7) is 5.72. The van der Waals surface area contributed by atoms with Crippen LogP contribution in [0.3, 0.4) is 0 Å². The third-order valence-corrected chi connectivity index (χ3v) is 6.32. The summed E-state index contributed by atoms with van der Waals surface area (Å²) in [5, 5.41) is 14.2. The van der Waals surface area contributed by atoms with Crippen LogP contribution in [-0.2, 0) is 11.3 Å². The number of nitrogens with zero attached hydrogens (tertiary/aromatic N) is 5. The summed E-state index contributed by atoms with van der Waals surface area (Å²) in [6, 6.07) is 9.43. The average Bonchev–Trinajstić information content (AvgIpc) is 3.37. The molecule has 5 rings (SSSR count). The smallest absolute Gasteiger partial charge is 0.246 e. The van der Waals surface area contributed by atoms with E-state index < -0.39 is 5.82 Å². The highest BCUT2D eigenvalue weighted by Gasteiger charge is 2.14. The van der Waals surface area contributed by atoms with Gasteiger partial charge in [-0.05, 0) is 30.7 Å². The predicted octanol–water partition coefficient (Wildman–Crippen LogP) is 3.03. The summed E-state index contributed by atoms with van der Waals surface area (Å²) in [6.07, 6.45) is 5.67. The molecule has 1 aliphatic heterocycles.